The van der Waals surface area contributed by atoms with Crippen LogP contribution in [0.3, 0.4) is 0 Å². The minimum atomic E-state index is -0.382. The summed E-state index contributed by atoms with van der Waals surface area (Å²) in [5.41, 5.74) is 1.21. The Labute approximate surface area is 216 Å². The van der Waals surface area contributed by atoms with Gasteiger partial charge in [0.05, 0.1) is 18.0 Å². The number of aromatic hydroxyl groups is 1. The zero-order valence-electron chi connectivity index (χ0n) is 21.9. The van der Waals surface area contributed by atoms with Crippen LogP contribution in [0.5, 0.6) is 11.6 Å². The fraction of sp³-hybridized carbons (Fsp3) is 0.519. The summed E-state index contributed by atoms with van der Waals surface area (Å²) < 4.78 is 22.2. The van der Waals surface area contributed by atoms with Gasteiger partial charge in [-0.1, -0.05) is 6.07 Å². The smallest absolute Gasteiger partial charge is 0.228 e. The van der Waals surface area contributed by atoms with Crippen molar-refractivity contribution in [2.24, 2.45) is 5.92 Å². The average molecular weight is 511 g/mol. The summed E-state index contributed by atoms with van der Waals surface area (Å²) in [5.74, 6) is 1.62. The summed E-state index contributed by atoms with van der Waals surface area (Å²) in [4.78, 5) is 25.1. The number of carbonyl (C=O) groups is 1. The number of piperazine rings is 1. The third kappa shape index (κ3) is 5.28. The monoisotopic (exact) mass is 510 g/mol. The SMILES string of the molecule is CC(=O)N1CCN(c2nc(N[C@H](C)c3ccc(OCC4CC4)c(F)c3)c3cn(C(C)C)c(O)c3n2)CC1. The van der Waals surface area contributed by atoms with Crippen molar-refractivity contribution in [2.45, 2.75) is 52.6 Å². The molecule has 1 aromatic carbocycles. The van der Waals surface area contributed by atoms with E-state index < -0.39 is 0 Å². The van der Waals surface area contributed by atoms with Gasteiger partial charge in [-0.05, 0) is 57.2 Å². The average Bonchev–Trinajstić information content (AvgIpc) is 3.64. The van der Waals surface area contributed by atoms with E-state index >= 15 is 0 Å². The number of anilines is 2. The lowest BCUT2D eigenvalue weighted by Crippen LogP contribution is -2.48. The minimum Gasteiger partial charge on any atom is -0.493 e. The summed E-state index contributed by atoms with van der Waals surface area (Å²) in [5, 5.41) is 15.1. The van der Waals surface area contributed by atoms with Crippen molar-refractivity contribution in [1.29, 1.82) is 0 Å². The van der Waals surface area contributed by atoms with Gasteiger partial charge in [-0.2, -0.15) is 4.98 Å². The molecule has 0 radical (unpaired) electrons. The van der Waals surface area contributed by atoms with Crippen LogP contribution in [0.1, 0.15) is 58.2 Å². The van der Waals surface area contributed by atoms with Gasteiger partial charge < -0.3 is 29.5 Å². The molecule has 2 fully saturated rings. The molecule has 1 saturated carbocycles. The largest absolute Gasteiger partial charge is 0.493 e. The highest BCUT2D eigenvalue weighted by molar-refractivity contribution is 5.94. The van der Waals surface area contributed by atoms with Crippen LogP contribution in [0.25, 0.3) is 10.9 Å². The molecule has 198 valence electrons. The van der Waals surface area contributed by atoms with Crippen LogP contribution in [0.4, 0.5) is 16.2 Å². The van der Waals surface area contributed by atoms with Crippen LogP contribution >= 0.6 is 0 Å². The van der Waals surface area contributed by atoms with Gasteiger partial charge in [-0.15, -0.1) is 0 Å². The van der Waals surface area contributed by atoms with Crippen LogP contribution < -0.4 is 15.0 Å². The quantitative estimate of drug-likeness (QED) is 0.461. The Bertz CT molecular complexity index is 1300. The van der Waals surface area contributed by atoms with Crippen molar-refractivity contribution in [3.05, 3.63) is 35.8 Å². The topological polar surface area (TPSA) is 95.8 Å². The first-order chi connectivity index (χ1) is 17.7. The highest BCUT2D eigenvalue weighted by atomic mass is 19.1. The maximum Gasteiger partial charge on any atom is 0.228 e. The van der Waals surface area contributed by atoms with Gasteiger partial charge in [0.25, 0.3) is 0 Å². The van der Waals surface area contributed by atoms with Crippen molar-refractivity contribution in [3.63, 3.8) is 0 Å². The molecule has 0 bridgehead atoms. The number of hydrogen-bond donors (Lipinski definition) is 2. The lowest BCUT2D eigenvalue weighted by Gasteiger charge is -2.34. The Hall–Kier alpha value is -3.56. The number of fused-ring (bicyclic) bond motifs is 1. The molecular formula is C27H35FN6O3. The van der Waals surface area contributed by atoms with Crippen LogP contribution in [-0.4, -0.2) is 63.2 Å². The van der Waals surface area contributed by atoms with E-state index in [0.29, 0.717) is 61.4 Å². The summed E-state index contributed by atoms with van der Waals surface area (Å²) in [6.07, 6.45) is 4.14. The van der Waals surface area contributed by atoms with Crippen LogP contribution in [0, 0.1) is 11.7 Å². The zero-order chi connectivity index (χ0) is 26.3. The summed E-state index contributed by atoms with van der Waals surface area (Å²) in [7, 11) is 0. The van der Waals surface area contributed by atoms with Crippen LogP contribution in [-0.2, 0) is 4.79 Å². The molecule has 3 aromatic rings. The van der Waals surface area contributed by atoms with E-state index in [1.165, 1.54) is 6.07 Å². The second-order valence-corrected chi connectivity index (χ2v) is 10.4. The van der Waals surface area contributed by atoms with Crippen molar-refractivity contribution in [2.75, 3.05) is 43.0 Å². The van der Waals surface area contributed by atoms with E-state index in [4.69, 9.17) is 14.7 Å². The minimum absolute atomic E-state index is 0.0271. The second kappa shape index (κ2) is 10.1. The number of aromatic nitrogens is 3. The summed E-state index contributed by atoms with van der Waals surface area (Å²) in [6.45, 7) is 10.4. The first-order valence-electron chi connectivity index (χ1n) is 13.0. The third-order valence-electron chi connectivity index (χ3n) is 7.20. The number of carbonyl (C=O) groups excluding carboxylic acids is 1. The number of halogens is 1. The van der Waals surface area contributed by atoms with E-state index in [0.717, 1.165) is 18.4 Å². The third-order valence-corrected chi connectivity index (χ3v) is 7.20. The van der Waals surface area contributed by atoms with E-state index in [1.54, 1.807) is 22.5 Å². The van der Waals surface area contributed by atoms with Gasteiger partial charge in [-0.25, -0.2) is 9.37 Å². The van der Waals surface area contributed by atoms with Gasteiger partial charge in [0.1, 0.15) is 11.3 Å². The van der Waals surface area contributed by atoms with Crippen molar-refractivity contribution in [1.82, 2.24) is 19.4 Å². The Morgan fingerprint density at radius 3 is 2.54 bits per heavy atom. The summed E-state index contributed by atoms with van der Waals surface area (Å²) >= 11 is 0. The van der Waals surface area contributed by atoms with Crippen LogP contribution in [0.15, 0.2) is 24.4 Å². The van der Waals surface area contributed by atoms with Gasteiger partial charge >= 0.3 is 0 Å². The molecule has 9 nitrogen and oxygen atoms in total. The zero-order valence-corrected chi connectivity index (χ0v) is 21.9. The molecular weight excluding hydrogens is 475 g/mol. The van der Waals surface area contributed by atoms with Gasteiger partial charge in [0.15, 0.2) is 11.6 Å². The van der Waals surface area contributed by atoms with Gasteiger partial charge in [0.2, 0.25) is 17.7 Å². The Balaban J connectivity index is 1.43. The van der Waals surface area contributed by atoms with E-state index in [9.17, 15) is 14.3 Å². The number of amides is 1. The molecule has 37 heavy (non-hydrogen) atoms. The number of nitrogens with zero attached hydrogens (tertiary/aromatic N) is 5. The van der Waals surface area contributed by atoms with Crippen molar-refractivity contribution >= 4 is 28.6 Å². The predicted octanol–water partition coefficient (Wildman–Crippen LogP) is 4.49. The lowest BCUT2D eigenvalue weighted by molar-refractivity contribution is -0.129. The molecule has 1 atom stereocenters. The number of hydrogen-bond acceptors (Lipinski definition) is 7. The number of rotatable bonds is 8. The van der Waals surface area contributed by atoms with Crippen molar-refractivity contribution < 1.29 is 19.0 Å². The van der Waals surface area contributed by atoms with E-state index in [-0.39, 0.29) is 35.4 Å². The van der Waals surface area contributed by atoms with E-state index in [2.05, 4.69) is 5.32 Å². The highest BCUT2D eigenvalue weighted by Crippen LogP contribution is 2.36. The first kappa shape index (κ1) is 25.1. The number of ether oxygens (including phenoxy) is 1. The number of benzene rings is 1. The maximum absolute atomic E-state index is 14.8. The predicted molar refractivity (Wildman–Crippen MR) is 141 cm³/mol. The molecule has 0 spiro atoms. The molecule has 1 aliphatic carbocycles. The van der Waals surface area contributed by atoms with Crippen LogP contribution in [0.2, 0.25) is 0 Å². The molecule has 2 aliphatic rings. The second-order valence-electron chi connectivity index (χ2n) is 10.4. The normalized spacial score (nSPS) is 16.9. The molecule has 10 heteroatoms. The molecule has 5 rings (SSSR count). The molecule has 1 amide bonds. The molecule has 1 aliphatic heterocycles. The first-order valence-corrected chi connectivity index (χ1v) is 13.0. The Morgan fingerprint density at radius 2 is 1.92 bits per heavy atom. The Morgan fingerprint density at radius 1 is 1.19 bits per heavy atom. The highest BCUT2D eigenvalue weighted by Gasteiger charge is 2.25. The summed E-state index contributed by atoms with van der Waals surface area (Å²) in [6, 6.07) is 4.80. The Kier molecular flexibility index (Phi) is 6.83. The van der Waals surface area contributed by atoms with Gasteiger partial charge in [-0.3, -0.25) is 4.79 Å². The van der Waals surface area contributed by atoms with E-state index in [1.807, 2.05) is 37.9 Å². The maximum atomic E-state index is 14.8. The fourth-order valence-electron chi connectivity index (χ4n) is 4.62. The molecule has 1 saturated heterocycles. The molecule has 0 unspecified atom stereocenters. The molecule has 2 N–H and O–H groups in total. The lowest BCUT2D eigenvalue weighted by atomic mass is 10.1. The molecule has 3 heterocycles. The number of nitrogens with one attached hydrogen (secondary N) is 1. The van der Waals surface area contributed by atoms with Crippen molar-refractivity contribution in [3.8, 4) is 11.6 Å². The molecule has 2 aromatic heterocycles. The van der Waals surface area contributed by atoms with Gasteiger partial charge in [0, 0.05) is 45.3 Å². The fourth-order valence-corrected chi connectivity index (χ4v) is 4.62. The standard InChI is InChI=1S/C27H35FN6O3/c1-16(2)34-14-21-24(26(34)36)30-27(33-11-9-32(10-12-33)18(4)35)31-25(21)29-17(3)20-7-8-23(22(28)13-20)37-15-19-5-6-19/h7-8,13-14,16-17,19,36H,5-6,9-12,15H2,1-4H3,(H,29,30,31)/t17-/m1/s1.